The van der Waals surface area contributed by atoms with Crippen LogP contribution in [-0.4, -0.2) is 9.97 Å². The normalized spacial score (nSPS) is 19.3. The Bertz CT molecular complexity index is 786. The molecule has 28 heavy (non-hydrogen) atoms. The van der Waals surface area contributed by atoms with Crippen molar-refractivity contribution in [2.24, 2.45) is 11.8 Å². The van der Waals surface area contributed by atoms with Crippen LogP contribution < -0.4 is 0 Å². The molecule has 1 heterocycles. The number of rotatable bonds is 8. The molecule has 1 aliphatic rings. The van der Waals surface area contributed by atoms with Gasteiger partial charge in [-0.2, -0.15) is 9.65 Å². The summed E-state index contributed by atoms with van der Waals surface area (Å²) in [5.41, 5.74) is 1.65. The Hall–Kier alpha value is -2.28. The van der Waals surface area contributed by atoms with E-state index >= 15 is 0 Å². The highest BCUT2D eigenvalue weighted by atomic mass is 19.1. The van der Waals surface area contributed by atoms with E-state index in [-0.39, 0.29) is 0 Å². The van der Waals surface area contributed by atoms with Crippen molar-refractivity contribution in [2.45, 2.75) is 71.1 Å². The van der Waals surface area contributed by atoms with Crippen LogP contribution in [0.25, 0.3) is 11.1 Å². The van der Waals surface area contributed by atoms with Gasteiger partial charge in [0.15, 0.2) is 0 Å². The van der Waals surface area contributed by atoms with E-state index in [4.69, 9.17) is 5.26 Å². The summed E-state index contributed by atoms with van der Waals surface area (Å²) < 4.78 is 14.5. The third kappa shape index (κ3) is 5.61. The number of aryl methyl sites for hydroxylation is 1. The largest absolute Gasteiger partial charge is 0.241 e. The molecule has 0 unspecified atom stereocenters. The number of nitrogens with zero attached hydrogens (tertiary/aromatic N) is 3. The first kappa shape index (κ1) is 20.5. The molecule has 1 aromatic heterocycles. The molecule has 0 amide bonds. The predicted octanol–water partition coefficient (Wildman–Crippen LogP) is 6.47. The number of nitriles is 1. The zero-order chi connectivity index (χ0) is 19.8. The molecular weight excluding hydrogens is 349 g/mol. The molecule has 0 aliphatic heterocycles. The first-order chi connectivity index (χ1) is 13.7. The van der Waals surface area contributed by atoms with Gasteiger partial charge < -0.3 is 0 Å². The van der Waals surface area contributed by atoms with Gasteiger partial charge in [-0.15, -0.1) is 0 Å². The third-order valence-corrected chi connectivity index (χ3v) is 6.08. The maximum Gasteiger partial charge on any atom is 0.224 e. The topological polar surface area (TPSA) is 49.6 Å². The minimum absolute atomic E-state index is 0.390. The molecule has 3 rings (SSSR count). The van der Waals surface area contributed by atoms with E-state index in [9.17, 15) is 4.39 Å². The molecule has 1 aliphatic carbocycles. The lowest BCUT2D eigenvalue weighted by Gasteiger charge is -2.28. The number of hydrogen-bond donors (Lipinski definition) is 0. The Balaban J connectivity index is 1.49. The maximum atomic E-state index is 14.5. The standard InChI is InChI=1S/C24H30FN3/c1-2-3-4-5-18-6-8-19(9-7-18)12-15-23-27-17-22(24(25)28-23)21-13-10-20(16-26)11-14-21/h10-11,13-14,17-19H,2-9,12,15H2,1H3/t18-,19-. The van der Waals surface area contributed by atoms with E-state index in [1.54, 1.807) is 30.5 Å². The SMILES string of the molecule is CCCCC[C@H]1CC[C@H](CCc2ncc(-c3ccc(C#N)cc3)c(F)n2)CC1. The van der Waals surface area contributed by atoms with Gasteiger partial charge in [-0.25, -0.2) is 9.97 Å². The van der Waals surface area contributed by atoms with Gasteiger partial charge in [0.2, 0.25) is 5.95 Å². The van der Waals surface area contributed by atoms with Crippen LogP contribution in [0.1, 0.15) is 76.1 Å². The van der Waals surface area contributed by atoms with Crippen molar-refractivity contribution in [1.82, 2.24) is 9.97 Å². The third-order valence-electron chi connectivity index (χ3n) is 6.08. The Kier molecular flexibility index (Phi) is 7.54. The molecule has 0 N–H and O–H groups in total. The van der Waals surface area contributed by atoms with Gasteiger partial charge in [-0.3, -0.25) is 0 Å². The van der Waals surface area contributed by atoms with E-state index in [0.29, 0.717) is 22.5 Å². The summed E-state index contributed by atoms with van der Waals surface area (Å²) in [5, 5.41) is 8.87. The van der Waals surface area contributed by atoms with Crippen molar-refractivity contribution in [3.05, 3.63) is 47.8 Å². The Morgan fingerprint density at radius 2 is 1.71 bits per heavy atom. The van der Waals surface area contributed by atoms with Crippen LogP contribution in [0.5, 0.6) is 0 Å². The van der Waals surface area contributed by atoms with Gasteiger partial charge in [0.25, 0.3) is 0 Å². The van der Waals surface area contributed by atoms with E-state index in [1.807, 2.05) is 0 Å². The number of halogens is 1. The van der Waals surface area contributed by atoms with E-state index < -0.39 is 5.95 Å². The lowest BCUT2D eigenvalue weighted by atomic mass is 9.78. The van der Waals surface area contributed by atoms with Crippen molar-refractivity contribution < 1.29 is 4.39 Å². The molecule has 2 aromatic rings. The minimum atomic E-state index is -0.477. The molecule has 1 aromatic carbocycles. The first-order valence-corrected chi connectivity index (χ1v) is 10.7. The second kappa shape index (κ2) is 10.3. The Morgan fingerprint density at radius 1 is 1.04 bits per heavy atom. The Morgan fingerprint density at radius 3 is 2.32 bits per heavy atom. The summed E-state index contributed by atoms with van der Waals surface area (Å²) in [5.74, 6) is 1.77. The Labute approximate surface area is 168 Å². The monoisotopic (exact) mass is 379 g/mol. The zero-order valence-corrected chi connectivity index (χ0v) is 16.8. The van der Waals surface area contributed by atoms with Crippen molar-refractivity contribution in [3.63, 3.8) is 0 Å². The maximum absolute atomic E-state index is 14.5. The molecule has 1 fully saturated rings. The smallest absolute Gasteiger partial charge is 0.224 e. The van der Waals surface area contributed by atoms with Crippen molar-refractivity contribution in [2.75, 3.05) is 0 Å². The van der Waals surface area contributed by atoms with Crippen LogP contribution in [-0.2, 0) is 6.42 Å². The molecule has 3 nitrogen and oxygen atoms in total. The van der Waals surface area contributed by atoms with Gasteiger partial charge in [0.05, 0.1) is 17.2 Å². The fraction of sp³-hybridized carbons (Fsp3) is 0.542. The number of hydrogen-bond acceptors (Lipinski definition) is 3. The molecule has 0 atom stereocenters. The highest BCUT2D eigenvalue weighted by Crippen LogP contribution is 2.34. The second-order valence-electron chi connectivity index (χ2n) is 8.10. The lowest BCUT2D eigenvalue weighted by Crippen LogP contribution is -2.15. The molecule has 1 saturated carbocycles. The van der Waals surface area contributed by atoms with Gasteiger partial charge in [-0.05, 0) is 36.0 Å². The van der Waals surface area contributed by atoms with E-state index in [1.165, 1.54) is 51.4 Å². The molecule has 0 bridgehead atoms. The quantitative estimate of drug-likeness (QED) is 0.390. The fourth-order valence-electron chi connectivity index (χ4n) is 4.26. The van der Waals surface area contributed by atoms with Gasteiger partial charge in [0, 0.05) is 12.6 Å². The average molecular weight is 380 g/mol. The lowest BCUT2D eigenvalue weighted by molar-refractivity contribution is 0.248. The highest BCUT2D eigenvalue weighted by Gasteiger charge is 2.21. The van der Waals surface area contributed by atoms with Crippen LogP contribution in [0.4, 0.5) is 4.39 Å². The molecule has 0 saturated heterocycles. The van der Waals surface area contributed by atoms with Crippen molar-refractivity contribution >= 4 is 0 Å². The number of benzene rings is 1. The van der Waals surface area contributed by atoms with Crippen LogP contribution in [0.15, 0.2) is 30.5 Å². The van der Waals surface area contributed by atoms with Gasteiger partial charge in [-0.1, -0.05) is 70.4 Å². The molecule has 148 valence electrons. The summed E-state index contributed by atoms with van der Waals surface area (Å²) in [6.45, 7) is 2.26. The first-order valence-electron chi connectivity index (χ1n) is 10.7. The summed E-state index contributed by atoms with van der Waals surface area (Å²) in [6.07, 6.45) is 14.1. The fourth-order valence-corrected chi connectivity index (χ4v) is 4.26. The summed E-state index contributed by atoms with van der Waals surface area (Å²) in [6, 6.07) is 8.90. The summed E-state index contributed by atoms with van der Waals surface area (Å²) in [4.78, 5) is 8.49. The van der Waals surface area contributed by atoms with Gasteiger partial charge >= 0.3 is 0 Å². The summed E-state index contributed by atoms with van der Waals surface area (Å²) in [7, 11) is 0. The zero-order valence-electron chi connectivity index (χ0n) is 16.8. The molecule has 0 spiro atoms. The summed E-state index contributed by atoms with van der Waals surface area (Å²) >= 11 is 0. The van der Waals surface area contributed by atoms with Crippen LogP contribution in [0, 0.1) is 29.1 Å². The van der Waals surface area contributed by atoms with Crippen LogP contribution >= 0.6 is 0 Å². The molecule has 4 heteroatoms. The van der Waals surface area contributed by atoms with Crippen molar-refractivity contribution in [3.8, 4) is 17.2 Å². The number of aromatic nitrogens is 2. The van der Waals surface area contributed by atoms with Crippen LogP contribution in [0.3, 0.4) is 0 Å². The van der Waals surface area contributed by atoms with E-state index in [0.717, 1.165) is 24.7 Å². The van der Waals surface area contributed by atoms with E-state index in [2.05, 4.69) is 23.0 Å². The molecule has 0 radical (unpaired) electrons. The predicted molar refractivity (Wildman–Crippen MR) is 110 cm³/mol. The average Bonchev–Trinajstić information content (AvgIpc) is 2.73. The highest BCUT2D eigenvalue weighted by molar-refractivity contribution is 5.63. The van der Waals surface area contributed by atoms with Gasteiger partial charge in [0.1, 0.15) is 5.82 Å². The number of unbranched alkanes of at least 4 members (excludes halogenated alkanes) is 2. The molecular formula is C24H30FN3. The van der Waals surface area contributed by atoms with Crippen molar-refractivity contribution in [1.29, 1.82) is 5.26 Å². The van der Waals surface area contributed by atoms with Crippen LogP contribution in [0.2, 0.25) is 0 Å². The second-order valence-corrected chi connectivity index (χ2v) is 8.10. The minimum Gasteiger partial charge on any atom is -0.241 e.